The average molecular weight is 411 g/mol. The third-order valence-electron chi connectivity index (χ3n) is 4.66. The van der Waals surface area contributed by atoms with Gasteiger partial charge >= 0.3 is 4.87 Å². The number of carbonyl (C=O) groups excluding carboxylic acids is 1. The lowest BCUT2D eigenvalue weighted by atomic mass is 10.0. The monoisotopic (exact) mass is 411 g/mol. The zero-order valence-corrected chi connectivity index (χ0v) is 16.4. The van der Waals surface area contributed by atoms with Gasteiger partial charge in [-0.3, -0.25) is 29.3 Å². The molecule has 3 heterocycles. The van der Waals surface area contributed by atoms with Gasteiger partial charge in [-0.1, -0.05) is 12.1 Å². The Hall–Kier alpha value is -3.46. The van der Waals surface area contributed by atoms with Gasteiger partial charge in [0.05, 0.1) is 17.1 Å². The van der Waals surface area contributed by atoms with Crippen LogP contribution in [0.5, 0.6) is 5.06 Å². The van der Waals surface area contributed by atoms with Gasteiger partial charge in [-0.2, -0.15) is 0 Å². The molecule has 0 spiro atoms. The number of amides is 1. The Kier molecular flexibility index (Phi) is 4.67. The first-order valence-corrected chi connectivity index (χ1v) is 9.66. The fourth-order valence-electron chi connectivity index (χ4n) is 3.47. The lowest BCUT2D eigenvalue weighted by Gasteiger charge is -2.28. The highest BCUT2D eigenvalue weighted by Gasteiger charge is 2.34. The number of rotatable bonds is 2. The van der Waals surface area contributed by atoms with E-state index in [0.717, 1.165) is 0 Å². The highest BCUT2D eigenvalue weighted by Crippen LogP contribution is 2.41. The molecule has 0 radical (unpaired) electrons. The second-order valence-electron chi connectivity index (χ2n) is 6.63. The molecule has 29 heavy (non-hydrogen) atoms. The van der Waals surface area contributed by atoms with Crippen molar-refractivity contribution in [2.75, 3.05) is 4.90 Å². The number of carbonyl (C=O) groups is 1. The van der Waals surface area contributed by atoms with Crippen LogP contribution in [0, 0.1) is 6.92 Å². The van der Waals surface area contributed by atoms with Crippen molar-refractivity contribution in [1.82, 2.24) is 4.98 Å². The minimum Gasteiger partial charge on any atom is -0.499 e. The number of furan rings is 1. The number of nitrogens with zero attached hydrogens (tertiary/aromatic N) is 2. The summed E-state index contributed by atoms with van der Waals surface area (Å²) in [5.74, 6) is 0.990. The maximum absolute atomic E-state index is 12.6. The van der Waals surface area contributed by atoms with E-state index in [1.54, 1.807) is 48.2 Å². The second kappa shape index (κ2) is 7.17. The molecule has 1 amide bonds. The van der Waals surface area contributed by atoms with Crippen molar-refractivity contribution in [2.24, 2.45) is 4.99 Å². The van der Waals surface area contributed by atoms with Crippen molar-refractivity contribution < 1.29 is 14.3 Å². The number of hydrogen-bond acceptors (Lipinski definition) is 7. The second-order valence-corrected chi connectivity index (χ2v) is 7.59. The van der Waals surface area contributed by atoms with E-state index in [1.165, 1.54) is 6.92 Å². The van der Waals surface area contributed by atoms with Gasteiger partial charge in [0.15, 0.2) is 5.06 Å². The van der Waals surface area contributed by atoms with Gasteiger partial charge in [0.25, 0.3) is 5.56 Å². The molecular formula is C20H17N3O5S. The SMILES string of the molecule is CC(=O)N1c2ccccc2N=C(c2c(O)sc(=O)[nH]c2=O)C[C@H]1c1ccc(C)o1. The third kappa shape index (κ3) is 3.40. The number of hydrogen-bond donors (Lipinski definition) is 2. The predicted molar refractivity (Wildman–Crippen MR) is 109 cm³/mol. The lowest BCUT2D eigenvalue weighted by Crippen LogP contribution is -2.34. The molecule has 0 saturated carbocycles. The van der Waals surface area contributed by atoms with Crippen molar-refractivity contribution in [2.45, 2.75) is 26.3 Å². The summed E-state index contributed by atoms with van der Waals surface area (Å²) < 4.78 is 5.79. The van der Waals surface area contributed by atoms with Gasteiger partial charge < -0.3 is 9.52 Å². The summed E-state index contributed by atoms with van der Waals surface area (Å²) in [6.07, 6.45) is 0.114. The number of fused-ring (bicyclic) bond motifs is 1. The Bertz CT molecular complexity index is 1250. The van der Waals surface area contributed by atoms with E-state index in [0.29, 0.717) is 34.2 Å². The van der Waals surface area contributed by atoms with Gasteiger partial charge in [-0.05, 0) is 42.5 Å². The van der Waals surface area contributed by atoms with E-state index < -0.39 is 21.5 Å². The molecular weight excluding hydrogens is 394 g/mol. The molecule has 1 aromatic carbocycles. The van der Waals surface area contributed by atoms with Gasteiger partial charge in [-0.15, -0.1) is 0 Å². The predicted octanol–water partition coefficient (Wildman–Crippen LogP) is 3.02. The summed E-state index contributed by atoms with van der Waals surface area (Å²) >= 11 is 0.523. The van der Waals surface area contributed by atoms with Gasteiger partial charge in [0.2, 0.25) is 5.91 Å². The molecule has 0 fully saturated rings. The van der Waals surface area contributed by atoms with E-state index in [9.17, 15) is 19.5 Å². The van der Waals surface area contributed by atoms with Crippen LogP contribution in [0.1, 0.15) is 36.5 Å². The van der Waals surface area contributed by atoms with E-state index in [4.69, 9.17) is 4.42 Å². The van der Waals surface area contributed by atoms with Crippen LogP contribution in [-0.2, 0) is 4.79 Å². The van der Waals surface area contributed by atoms with Crippen LogP contribution in [0.25, 0.3) is 0 Å². The van der Waals surface area contributed by atoms with Crippen molar-refractivity contribution in [3.63, 3.8) is 0 Å². The molecule has 1 atom stereocenters. The Morgan fingerprint density at radius 2 is 2.03 bits per heavy atom. The third-order valence-corrected chi connectivity index (χ3v) is 5.34. The molecule has 1 aliphatic rings. The largest absolute Gasteiger partial charge is 0.499 e. The molecule has 8 nitrogen and oxygen atoms in total. The van der Waals surface area contributed by atoms with Gasteiger partial charge in [-0.25, -0.2) is 0 Å². The number of benzene rings is 1. The number of aromatic nitrogens is 1. The van der Waals surface area contributed by atoms with Gasteiger partial charge in [0, 0.05) is 13.3 Å². The molecule has 9 heteroatoms. The van der Waals surface area contributed by atoms with E-state index in [2.05, 4.69) is 9.98 Å². The van der Waals surface area contributed by atoms with E-state index in [-0.39, 0.29) is 23.6 Å². The average Bonchev–Trinajstić information content (AvgIpc) is 2.99. The van der Waals surface area contributed by atoms with Crippen LogP contribution in [-0.4, -0.2) is 21.7 Å². The van der Waals surface area contributed by atoms with Crippen molar-refractivity contribution in [1.29, 1.82) is 0 Å². The minimum atomic E-state index is -0.729. The molecule has 0 saturated heterocycles. The maximum Gasteiger partial charge on any atom is 0.310 e. The van der Waals surface area contributed by atoms with Crippen molar-refractivity contribution >= 4 is 34.3 Å². The molecule has 148 valence electrons. The first kappa shape index (κ1) is 18.9. The topological polar surface area (TPSA) is 116 Å². The van der Waals surface area contributed by atoms with E-state index >= 15 is 0 Å². The highest BCUT2D eigenvalue weighted by molar-refractivity contribution is 7.11. The summed E-state index contributed by atoms with van der Waals surface area (Å²) in [4.78, 5) is 44.3. The quantitative estimate of drug-likeness (QED) is 0.672. The standard InChI is InChI=1S/C20H17N3O5S/c1-10-7-8-16(28-10)15-9-13(17-18(25)22-20(27)29-19(17)26)21-12-5-3-4-6-14(12)23(15)11(2)24/h3-8,15,26H,9H2,1-2H3,(H,22,25,27)/t15-/m0/s1. The highest BCUT2D eigenvalue weighted by atomic mass is 32.1. The van der Waals surface area contributed by atoms with Crippen LogP contribution in [0.3, 0.4) is 0 Å². The summed E-state index contributed by atoms with van der Waals surface area (Å²) in [6, 6.07) is 10.0. The fourth-order valence-corrected chi connectivity index (χ4v) is 4.11. The first-order chi connectivity index (χ1) is 13.8. The van der Waals surface area contributed by atoms with Crippen molar-refractivity contribution in [3.8, 4) is 5.06 Å². The summed E-state index contributed by atoms with van der Waals surface area (Å²) in [6.45, 7) is 3.25. The number of H-pyrrole nitrogens is 1. The Morgan fingerprint density at radius 1 is 1.28 bits per heavy atom. The van der Waals surface area contributed by atoms with Crippen LogP contribution in [0.4, 0.5) is 11.4 Å². The maximum atomic E-state index is 12.6. The molecule has 4 rings (SSSR count). The number of aromatic amines is 1. The zero-order chi connectivity index (χ0) is 20.7. The number of nitrogens with one attached hydrogen (secondary N) is 1. The van der Waals surface area contributed by atoms with Gasteiger partial charge in [0.1, 0.15) is 23.1 Å². The van der Waals surface area contributed by atoms with E-state index in [1.807, 2.05) is 0 Å². The molecule has 2 N–H and O–H groups in total. The van der Waals surface area contributed by atoms with Crippen LogP contribution in [0.2, 0.25) is 0 Å². The molecule has 0 aliphatic carbocycles. The molecule has 1 aliphatic heterocycles. The number of para-hydroxylation sites is 2. The Labute approximate surface area is 168 Å². The fraction of sp³-hybridized carbons (Fsp3) is 0.200. The first-order valence-electron chi connectivity index (χ1n) is 8.84. The lowest BCUT2D eigenvalue weighted by molar-refractivity contribution is -0.117. The van der Waals surface area contributed by atoms with Crippen LogP contribution >= 0.6 is 11.3 Å². The van der Waals surface area contributed by atoms with Crippen LogP contribution in [0.15, 0.2) is 55.4 Å². The number of aryl methyl sites for hydroxylation is 1. The Balaban J connectivity index is 1.98. The normalized spacial score (nSPS) is 16.1. The molecule has 2 aromatic heterocycles. The number of aromatic hydroxyl groups is 1. The summed E-state index contributed by atoms with van der Waals surface area (Å²) in [7, 11) is 0. The smallest absolute Gasteiger partial charge is 0.310 e. The minimum absolute atomic E-state index is 0.0805. The Morgan fingerprint density at radius 3 is 2.69 bits per heavy atom. The van der Waals surface area contributed by atoms with Crippen LogP contribution < -0.4 is 15.3 Å². The molecule has 0 bridgehead atoms. The number of anilines is 1. The zero-order valence-electron chi connectivity index (χ0n) is 15.6. The summed E-state index contributed by atoms with van der Waals surface area (Å²) in [5.41, 5.74) is 0.485. The molecule has 3 aromatic rings. The molecule has 0 unspecified atom stereocenters. The summed E-state index contributed by atoms with van der Waals surface area (Å²) in [5, 5.41) is 9.90. The number of aliphatic imine (C=N–C) groups is 1. The van der Waals surface area contributed by atoms with Crippen molar-refractivity contribution in [3.05, 3.63) is 73.5 Å².